The van der Waals surface area contributed by atoms with E-state index in [1.807, 2.05) is 95.9 Å². The number of nitrogens with one attached hydrogen (secondary N) is 2. The van der Waals surface area contributed by atoms with Crippen molar-refractivity contribution in [3.05, 3.63) is 131 Å². The summed E-state index contributed by atoms with van der Waals surface area (Å²) in [6.07, 6.45) is 6.06. The Morgan fingerprint density at radius 3 is 1.79 bits per heavy atom. The molecule has 0 atom stereocenters. The van der Waals surface area contributed by atoms with E-state index in [1.54, 1.807) is 18.5 Å². The molecular weight excluding hydrogens is 705 g/mol. The van der Waals surface area contributed by atoms with Gasteiger partial charge in [0.15, 0.2) is 0 Å². The molecule has 12 nitrogen and oxygen atoms in total. The van der Waals surface area contributed by atoms with Gasteiger partial charge in [-0.3, -0.25) is 14.4 Å². The minimum Gasteiger partial charge on any atom is -0.369 e. The molecule has 294 valence electrons. The highest BCUT2D eigenvalue weighted by Crippen LogP contribution is 2.33. The number of nitrogens with two attached hydrogens (primary N) is 2. The van der Waals surface area contributed by atoms with Crippen molar-refractivity contribution in [2.75, 3.05) is 37.0 Å². The van der Waals surface area contributed by atoms with Crippen LogP contribution in [0.1, 0.15) is 53.5 Å². The number of anilines is 2. The van der Waals surface area contributed by atoms with Gasteiger partial charge in [-0.25, -0.2) is 9.69 Å². The Balaban J connectivity index is 1.49. The highest BCUT2D eigenvalue weighted by Gasteiger charge is 2.29. The van der Waals surface area contributed by atoms with Crippen LogP contribution in [0.25, 0.3) is 0 Å². The molecule has 1 saturated carbocycles. The Morgan fingerprint density at radius 2 is 1.23 bits per heavy atom. The molecule has 0 heterocycles. The molecule has 56 heavy (non-hydrogen) atoms. The quantitative estimate of drug-likeness (QED) is 0.0620. The highest BCUT2D eigenvalue weighted by atomic mass is 16.2. The molecule has 1 aliphatic carbocycles. The summed E-state index contributed by atoms with van der Waals surface area (Å²) in [5, 5.41) is 7.27. The largest absolute Gasteiger partial charge is 0.369 e. The van der Waals surface area contributed by atoms with Crippen molar-refractivity contribution < 1.29 is 19.2 Å². The van der Waals surface area contributed by atoms with Crippen molar-refractivity contribution >= 4 is 41.5 Å². The third kappa shape index (κ3) is 12.5. The monoisotopic (exact) mass is 758 g/mol. The Labute approximate surface area is 329 Å². The Hall–Kier alpha value is -6.01. The lowest BCUT2D eigenvalue weighted by molar-refractivity contribution is -0.126. The van der Waals surface area contributed by atoms with Crippen molar-refractivity contribution in [2.24, 2.45) is 28.4 Å². The average Bonchev–Trinajstić information content (AvgIpc) is 3.17. The number of amides is 5. The molecule has 1 aliphatic rings. The molecule has 0 aromatic heterocycles. The minimum absolute atomic E-state index is 0.0231. The number of nitrogens with zero attached hydrogens (tertiary/aromatic N) is 4. The molecule has 4 aromatic carbocycles. The molecule has 1 fully saturated rings. The van der Waals surface area contributed by atoms with Gasteiger partial charge in [-0.05, 0) is 86.0 Å². The standard InChI is InChI=1S/C44H54N8O4/c1-50(2)29-36-20-18-35(19-21-36)28-48-49-31-51(30-37-22-16-34(17-23-37)27-47-44(46)56)39-14-9-15-40(38(39)26-41(45)53)52(42(54)24-32-10-5-3-6-11-32)43(55)25-33-12-7-4-8-13-33/h3-17,22-23,31,35-36,48H,18-21,24-30H2,1-2H3,(H2,45,53)(H3,46,47,56)/b49-31+. The lowest BCUT2D eigenvalue weighted by Gasteiger charge is -2.30. The fourth-order valence-corrected chi connectivity index (χ4v) is 7.27. The Bertz CT molecular complexity index is 1870. The van der Waals surface area contributed by atoms with Crippen LogP contribution in [0.15, 0.2) is 108 Å². The third-order valence-corrected chi connectivity index (χ3v) is 10.0. The molecular formula is C44H54N8O4. The molecule has 0 saturated heterocycles. The smallest absolute Gasteiger partial charge is 0.312 e. The van der Waals surface area contributed by atoms with Gasteiger partial charge in [0.05, 0.1) is 24.9 Å². The highest BCUT2D eigenvalue weighted by molar-refractivity contribution is 6.17. The molecule has 12 heteroatoms. The summed E-state index contributed by atoms with van der Waals surface area (Å²) in [7, 11) is 4.24. The van der Waals surface area contributed by atoms with E-state index in [9.17, 15) is 19.2 Å². The van der Waals surface area contributed by atoms with Crippen LogP contribution in [-0.4, -0.2) is 62.2 Å². The zero-order chi connectivity index (χ0) is 39.9. The van der Waals surface area contributed by atoms with Gasteiger partial charge in [0.2, 0.25) is 17.7 Å². The average molecular weight is 759 g/mol. The molecule has 0 bridgehead atoms. The summed E-state index contributed by atoms with van der Waals surface area (Å²) in [6, 6.07) is 30.9. The van der Waals surface area contributed by atoms with E-state index in [0.29, 0.717) is 29.6 Å². The van der Waals surface area contributed by atoms with Gasteiger partial charge in [-0.2, -0.15) is 5.10 Å². The molecule has 0 aliphatic heterocycles. The van der Waals surface area contributed by atoms with Crippen LogP contribution in [0.2, 0.25) is 0 Å². The van der Waals surface area contributed by atoms with Crippen molar-refractivity contribution in [2.45, 2.75) is 58.0 Å². The molecule has 0 spiro atoms. The minimum atomic E-state index is -0.615. The van der Waals surface area contributed by atoms with Crippen LogP contribution in [0, 0.1) is 11.8 Å². The van der Waals surface area contributed by atoms with Crippen molar-refractivity contribution in [3.8, 4) is 0 Å². The predicted molar refractivity (Wildman–Crippen MR) is 222 cm³/mol. The predicted octanol–water partition coefficient (Wildman–Crippen LogP) is 5.14. The molecule has 5 amide bonds. The van der Waals surface area contributed by atoms with E-state index in [4.69, 9.17) is 11.5 Å². The Kier molecular flexibility index (Phi) is 15.1. The van der Waals surface area contributed by atoms with Gasteiger partial charge >= 0.3 is 6.03 Å². The normalized spacial score (nSPS) is 15.3. The number of rotatable bonds is 18. The van der Waals surface area contributed by atoms with Crippen LogP contribution in [0.4, 0.5) is 16.2 Å². The van der Waals surface area contributed by atoms with Gasteiger partial charge in [-0.15, -0.1) is 0 Å². The molecule has 5 rings (SSSR count). The second-order valence-corrected chi connectivity index (χ2v) is 14.8. The summed E-state index contributed by atoms with van der Waals surface area (Å²) in [5.74, 6) is -0.248. The van der Waals surface area contributed by atoms with E-state index in [2.05, 4.69) is 34.8 Å². The van der Waals surface area contributed by atoms with E-state index in [0.717, 1.165) is 48.2 Å². The summed E-state index contributed by atoms with van der Waals surface area (Å²) >= 11 is 0. The number of carbonyl (C=O) groups excluding carboxylic acids is 4. The zero-order valence-electron chi connectivity index (χ0n) is 32.4. The number of imide groups is 1. The third-order valence-electron chi connectivity index (χ3n) is 10.0. The maximum absolute atomic E-state index is 14.2. The molecule has 0 radical (unpaired) electrons. The number of hydrogen-bond donors (Lipinski definition) is 4. The lowest BCUT2D eigenvalue weighted by atomic mass is 9.82. The van der Waals surface area contributed by atoms with Crippen LogP contribution in [0.5, 0.6) is 0 Å². The first-order chi connectivity index (χ1) is 27.0. The molecule has 4 aromatic rings. The number of benzene rings is 4. The number of urea groups is 1. The van der Waals surface area contributed by atoms with Gasteiger partial charge in [-0.1, -0.05) is 91.0 Å². The summed E-state index contributed by atoms with van der Waals surface area (Å²) < 4.78 is 0. The maximum Gasteiger partial charge on any atom is 0.312 e. The number of carbonyl (C=O) groups is 4. The first-order valence-corrected chi connectivity index (χ1v) is 19.2. The van der Waals surface area contributed by atoms with E-state index in [-0.39, 0.29) is 31.5 Å². The zero-order valence-corrected chi connectivity index (χ0v) is 32.4. The topological polar surface area (TPSA) is 166 Å². The van der Waals surface area contributed by atoms with Crippen LogP contribution >= 0.6 is 0 Å². The van der Waals surface area contributed by atoms with Gasteiger partial charge < -0.3 is 32.0 Å². The first kappa shape index (κ1) is 41.2. The van der Waals surface area contributed by atoms with Crippen molar-refractivity contribution in [1.82, 2.24) is 15.6 Å². The first-order valence-electron chi connectivity index (χ1n) is 19.2. The lowest BCUT2D eigenvalue weighted by Crippen LogP contribution is -2.40. The molecule has 0 unspecified atom stereocenters. The van der Waals surface area contributed by atoms with Crippen molar-refractivity contribution in [1.29, 1.82) is 0 Å². The van der Waals surface area contributed by atoms with E-state index < -0.39 is 23.8 Å². The number of primary amides is 2. The second kappa shape index (κ2) is 20.6. The van der Waals surface area contributed by atoms with Crippen LogP contribution in [-0.2, 0) is 46.7 Å². The SMILES string of the molecule is CN(C)CC1CCC(CN/N=C/N(Cc2ccc(CNC(N)=O)cc2)c2cccc(N(C(=O)Cc3ccccc3)C(=O)Cc3ccccc3)c2CC(N)=O)CC1. The molecule has 6 N–H and O–H groups in total. The van der Waals surface area contributed by atoms with Crippen LogP contribution in [0.3, 0.4) is 0 Å². The van der Waals surface area contributed by atoms with Gasteiger partial charge in [0, 0.05) is 37.4 Å². The summed E-state index contributed by atoms with van der Waals surface area (Å²) in [6.45, 7) is 2.45. The van der Waals surface area contributed by atoms with Gasteiger partial charge in [0.25, 0.3) is 0 Å². The van der Waals surface area contributed by atoms with Crippen molar-refractivity contribution in [3.63, 3.8) is 0 Å². The summed E-state index contributed by atoms with van der Waals surface area (Å²) in [5.41, 5.74) is 19.0. The van der Waals surface area contributed by atoms with E-state index >= 15 is 0 Å². The summed E-state index contributed by atoms with van der Waals surface area (Å²) in [4.78, 5) is 57.8. The second-order valence-electron chi connectivity index (χ2n) is 14.8. The van der Waals surface area contributed by atoms with Crippen LogP contribution < -0.4 is 32.0 Å². The number of hydrazone groups is 1. The fraction of sp³-hybridized carbons (Fsp3) is 0.341. The number of hydrogen-bond acceptors (Lipinski definition) is 7. The Morgan fingerprint density at radius 1 is 0.679 bits per heavy atom. The van der Waals surface area contributed by atoms with Gasteiger partial charge in [0.1, 0.15) is 6.34 Å². The maximum atomic E-state index is 14.2. The fourth-order valence-electron chi connectivity index (χ4n) is 7.27. The van der Waals surface area contributed by atoms with E-state index in [1.165, 1.54) is 17.7 Å².